The van der Waals surface area contributed by atoms with Crippen molar-refractivity contribution in [1.29, 1.82) is 0 Å². The van der Waals surface area contributed by atoms with E-state index in [9.17, 15) is 0 Å². The van der Waals surface area contributed by atoms with Gasteiger partial charge in [-0.2, -0.15) is 0 Å². The molecule has 35 heavy (non-hydrogen) atoms. The lowest BCUT2D eigenvalue weighted by Crippen LogP contribution is -2.62. The Balaban J connectivity index is 1.42. The van der Waals surface area contributed by atoms with Crippen molar-refractivity contribution >= 4 is 0 Å². The summed E-state index contributed by atoms with van der Waals surface area (Å²) in [5.74, 6) is -0.949. The minimum absolute atomic E-state index is 0.254. The number of fused-ring (bicyclic) bond motifs is 2. The molecule has 0 spiro atoms. The van der Waals surface area contributed by atoms with E-state index in [1.54, 1.807) is 0 Å². The summed E-state index contributed by atoms with van der Waals surface area (Å²) in [6.45, 7) is 5.68. The molecule has 5 heteroatoms. The molecule has 5 rings (SSSR count). The highest BCUT2D eigenvalue weighted by Crippen LogP contribution is 2.44. The highest BCUT2D eigenvalue weighted by Gasteiger charge is 2.61. The molecule has 5 nitrogen and oxygen atoms in total. The minimum atomic E-state index is -0.949. The van der Waals surface area contributed by atoms with Crippen LogP contribution >= 0.6 is 0 Å². The summed E-state index contributed by atoms with van der Waals surface area (Å²) in [6.07, 6.45) is 0.837. The molecule has 0 amide bonds. The van der Waals surface area contributed by atoms with Gasteiger partial charge in [-0.05, 0) is 16.7 Å². The van der Waals surface area contributed by atoms with E-state index >= 15 is 0 Å². The maximum atomic E-state index is 6.58. The second-order valence-corrected chi connectivity index (χ2v) is 9.01. The summed E-state index contributed by atoms with van der Waals surface area (Å²) in [4.78, 5) is 0. The van der Waals surface area contributed by atoms with Crippen molar-refractivity contribution in [2.24, 2.45) is 0 Å². The molecule has 5 atom stereocenters. The zero-order valence-corrected chi connectivity index (χ0v) is 19.8. The molecule has 0 radical (unpaired) electrons. The molecule has 2 aliphatic rings. The summed E-state index contributed by atoms with van der Waals surface area (Å²) in [6, 6.07) is 30.4. The van der Waals surface area contributed by atoms with E-state index in [-0.39, 0.29) is 18.3 Å². The van der Waals surface area contributed by atoms with Gasteiger partial charge in [0.1, 0.15) is 24.4 Å². The van der Waals surface area contributed by atoms with Crippen molar-refractivity contribution in [3.63, 3.8) is 0 Å². The average Bonchev–Trinajstić information content (AvgIpc) is 3.29. The van der Waals surface area contributed by atoms with E-state index in [1.165, 1.54) is 0 Å². The van der Waals surface area contributed by atoms with Gasteiger partial charge in [0.05, 0.1) is 26.4 Å². The topological polar surface area (TPSA) is 46.2 Å². The van der Waals surface area contributed by atoms with Gasteiger partial charge < -0.3 is 23.7 Å². The largest absolute Gasteiger partial charge is 0.368 e. The van der Waals surface area contributed by atoms with Crippen LogP contribution in [0.25, 0.3) is 0 Å². The smallest absolute Gasteiger partial charge is 0.201 e. The molecule has 0 aliphatic carbocycles. The molecule has 0 saturated carbocycles. The van der Waals surface area contributed by atoms with Crippen LogP contribution in [0.3, 0.4) is 0 Å². The molecule has 0 N–H and O–H groups in total. The van der Waals surface area contributed by atoms with Crippen molar-refractivity contribution in [3.05, 3.63) is 120 Å². The predicted octanol–water partition coefficient (Wildman–Crippen LogP) is 5.44. The first-order chi connectivity index (χ1) is 17.3. The van der Waals surface area contributed by atoms with E-state index in [0.29, 0.717) is 32.8 Å². The van der Waals surface area contributed by atoms with Crippen LogP contribution in [0.4, 0.5) is 0 Å². The van der Waals surface area contributed by atoms with Crippen LogP contribution in [-0.2, 0) is 43.5 Å². The first-order valence-electron chi connectivity index (χ1n) is 12.2. The third-order valence-electron chi connectivity index (χ3n) is 6.54. The normalized spacial score (nSPS) is 27.5. The third-order valence-corrected chi connectivity index (χ3v) is 6.54. The summed E-state index contributed by atoms with van der Waals surface area (Å²) < 4.78 is 32.4. The highest BCUT2D eigenvalue weighted by molar-refractivity contribution is 5.16. The maximum Gasteiger partial charge on any atom is 0.201 e. The Bertz CT molecular complexity index is 1060. The molecular formula is C30H32O5. The second-order valence-electron chi connectivity index (χ2n) is 9.01. The molecule has 2 aliphatic heterocycles. The molecule has 2 saturated heterocycles. The lowest BCUT2D eigenvalue weighted by Gasteiger charge is -2.46. The van der Waals surface area contributed by atoms with E-state index in [2.05, 4.69) is 30.8 Å². The summed E-state index contributed by atoms with van der Waals surface area (Å²) in [5, 5.41) is 0. The second kappa shape index (κ2) is 11.3. The predicted molar refractivity (Wildman–Crippen MR) is 133 cm³/mol. The van der Waals surface area contributed by atoms with Gasteiger partial charge in [0, 0.05) is 6.42 Å². The van der Waals surface area contributed by atoms with Gasteiger partial charge in [0.2, 0.25) is 5.79 Å². The highest BCUT2D eigenvalue weighted by atomic mass is 16.8. The van der Waals surface area contributed by atoms with Crippen molar-refractivity contribution < 1.29 is 23.7 Å². The van der Waals surface area contributed by atoms with Gasteiger partial charge in [-0.1, -0.05) is 97.1 Å². The lowest BCUT2D eigenvalue weighted by atomic mass is 9.91. The average molecular weight is 473 g/mol. The van der Waals surface area contributed by atoms with Crippen LogP contribution in [0.5, 0.6) is 0 Å². The Morgan fingerprint density at radius 2 is 1.20 bits per heavy atom. The number of hydrogen-bond donors (Lipinski definition) is 0. The standard InChI is InChI=1S/C30H32O5/c1-2-18-30-29(33-21-25-16-10-5-11-17-25)28(32-20-24-14-8-4-9-15-24)27(26(35-30)22-34-30)31-19-23-12-6-3-7-13-23/h2-17,26-29H,1,18-22H2/t26-,27-,28+,29-,30-/m1/s1. The van der Waals surface area contributed by atoms with Crippen LogP contribution in [-0.4, -0.2) is 36.8 Å². The monoisotopic (exact) mass is 472 g/mol. The number of benzene rings is 3. The minimum Gasteiger partial charge on any atom is -0.368 e. The number of rotatable bonds is 11. The van der Waals surface area contributed by atoms with Crippen LogP contribution < -0.4 is 0 Å². The Morgan fingerprint density at radius 3 is 1.71 bits per heavy atom. The molecule has 0 aromatic heterocycles. The van der Waals surface area contributed by atoms with Crippen molar-refractivity contribution in [1.82, 2.24) is 0 Å². The molecule has 0 unspecified atom stereocenters. The Kier molecular flexibility index (Phi) is 7.72. The van der Waals surface area contributed by atoms with E-state index in [0.717, 1.165) is 16.7 Å². The maximum absolute atomic E-state index is 6.58. The quantitative estimate of drug-likeness (QED) is 0.348. The molecule has 2 heterocycles. The fraction of sp³-hybridized carbons (Fsp3) is 0.333. The fourth-order valence-corrected chi connectivity index (χ4v) is 4.82. The fourth-order valence-electron chi connectivity index (χ4n) is 4.82. The molecule has 182 valence electrons. The number of ether oxygens (including phenoxy) is 5. The molecule has 3 aromatic rings. The Morgan fingerprint density at radius 1 is 0.714 bits per heavy atom. The summed E-state index contributed by atoms with van der Waals surface area (Å²) in [5.41, 5.74) is 3.26. The van der Waals surface area contributed by atoms with E-state index < -0.39 is 11.9 Å². The van der Waals surface area contributed by atoms with Crippen molar-refractivity contribution in [2.75, 3.05) is 6.61 Å². The third kappa shape index (κ3) is 5.56. The number of hydrogen-bond acceptors (Lipinski definition) is 5. The molecule has 2 bridgehead atoms. The van der Waals surface area contributed by atoms with Crippen LogP contribution in [0.2, 0.25) is 0 Å². The van der Waals surface area contributed by atoms with E-state index in [4.69, 9.17) is 23.7 Å². The van der Waals surface area contributed by atoms with Gasteiger partial charge >= 0.3 is 0 Å². The molecular weight excluding hydrogens is 440 g/mol. The Labute approximate surface area is 207 Å². The van der Waals surface area contributed by atoms with Crippen LogP contribution in [0.15, 0.2) is 104 Å². The SMILES string of the molecule is C=CC[C@@]12OC[C@@H](O1)[C@@H](OCc1ccccc1)[C@H](OCc1ccccc1)[C@H]2OCc1ccccc1. The summed E-state index contributed by atoms with van der Waals surface area (Å²) in [7, 11) is 0. The van der Waals surface area contributed by atoms with E-state index in [1.807, 2.05) is 72.8 Å². The van der Waals surface area contributed by atoms with Crippen LogP contribution in [0.1, 0.15) is 23.1 Å². The van der Waals surface area contributed by atoms with Crippen molar-refractivity contribution in [2.45, 2.75) is 56.4 Å². The Hall–Kier alpha value is -2.80. The van der Waals surface area contributed by atoms with Gasteiger partial charge in [0.25, 0.3) is 0 Å². The zero-order chi connectivity index (χ0) is 23.9. The van der Waals surface area contributed by atoms with Crippen LogP contribution in [0, 0.1) is 0 Å². The zero-order valence-electron chi connectivity index (χ0n) is 19.8. The van der Waals surface area contributed by atoms with Gasteiger partial charge in [-0.15, -0.1) is 6.58 Å². The first-order valence-corrected chi connectivity index (χ1v) is 12.2. The molecule has 3 aromatic carbocycles. The van der Waals surface area contributed by atoms with Gasteiger partial charge in [0.15, 0.2) is 0 Å². The first kappa shape index (κ1) is 23.9. The van der Waals surface area contributed by atoms with Gasteiger partial charge in [-0.25, -0.2) is 0 Å². The lowest BCUT2D eigenvalue weighted by molar-refractivity contribution is -0.320. The molecule has 2 fully saturated rings. The summed E-state index contributed by atoms with van der Waals surface area (Å²) >= 11 is 0. The van der Waals surface area contributed by atoms with Gasteiger partial charge in [-0.3, -0.25) is 0 Å². The van der Waals surface area contributed by atoms with Crippen molar-refractivity contribution in [3.8, 4) is 0 Å².